The van der Waals surface area contributed by atoms with Gasteiger partial charge in [-0.05, 0) is 31.6 Å². The second-order valence-corrected chi connectivity index (χ2v) is 5.56. The van der Waals surface area contributed by atoms with Crippen LogP contribution < -0.4 is 5.32 Å². The summed E-state index contributed by atoms with van der Waals surface area (Å²) in [6.45, 7) is 2.22. The second-order valence-electron chi connectivity index (χ2n) is 4.82. The van der Waals surface area contributed by atoms with Crippen molar-refractivity contribution in [3.63, 3.8) is 0 Å². The standard InChI is InChI=1S/C12H15Cl2N3O/c1-7-2-4-8(5-3-7)12(18)15-9-6-10(13)16-17-11(9)14/h6-8H,2-5H2,1H3,(H,15,16,18). The predicted molar refractivity (Wildman–Crippen MR) is 71.8 cm³/mol. The van der Waals surface area contributed by atoms with Crippen molar-refractivity contribution in [1.82, 2.24) is 10.2 Å². The fourth-order valence-corrected chi connectivity index (χ4v) is 2.48. The lowest BCUT2D eigenvalue weighted by Gasteiger charge is -2.25. The van der Waals surface area contributed by atoms with Crippen molar-refractivity contribution in [3.8, 4) is 0 Å². The Bertz CT molecular complexity index is 445. The van der Waals surface area contributed by atoms with E-state index in [2.05, 4.69) is 22.4 Å². The van der Waals surface area contributed by atoms with Crippen LogP contribution >= 0.6 is 23.2 Å². The highest BCUT2D eigenvalue weighted by molar-refractivity contribution is 6.33. The summed E-state index contributed by atoms with van der Waals surface area (Å²) in [5.74, 6) is 0.770. The summed E-state index contributed by atoms with van der Waals surface area (Å²) in [5.41, 5.74) is 0.431. The summed E-state index contributed by atoms with van der Waals surface area (Å²) in [7, 11) is 0. The number of aromatic nitrogens is 2. The summed E-state index contributed by atoms with van der Waals surface area (Å²) in [4.78, 5) is 12.1. The first kappa shape index (κ1) is 13.6. The minimum atomic E-state index is -0.00660. The predicted octanol–water partition coefficient (Wildman–Crippen LogP) is 3.55. The molecule has 0 unspecified atom stereocenters. The molecule has 0 saturated heterocycles. The highest BCUT2D eigenvalue weighted by Gasteiger charge is 2.24. The molecule has 1 heterocycles. The van der Waals surface area contributed by atoms with Crippen molar-refractivity contribution in [2.75, 3.05) is 5.32 Å². The Balaban J connectivity index is 2.00. The third-order valence-electron chi connectivity index (χ3n) is 3.36. The fourth-order valence-electron chi connectivity index (χ4n) is 2.20. The molecule has 1 aliphatic rings. The van der Waals surface area contributed by atoms with E-state index in [1.165, 1.54) is 6.07 Å². The van der Waals surface area contributed by atoms with Crippen molar-refractivity contribution in [3.05, 3.63) is 16.4 Å². The molecule has 1 aliphatic carbocycles. The van der Waals surface area contributed by atoms with Crippen LogP contribution in [0.25, 0.3) is 0 Å². The number of nitrogens with one attached hydrogen (secondary N) is 1. The molecule has 18 heavy (non-hydrogen) atoms. The highest BCUT2D eigenvalue weighted by Crippen LogP contribution is 2.30. The molecule has 1 saturated carbocycles. The first-order valence-corrected chi connectivity index (χ1v) is 6.81. The molecule has 1 aromatic heterocycles. The van der Waals surface area contributed by atoms with Crippen LogP contribution in [-0.4, -0.2) is 16.1 Å². The number of halogens is 2. The molecule has 6 heteroatoms. The maximum Gasteiger partial charge on any atom is 0.227 e. The third-order valence-corrected chi connectivity index (χ3v) is 3.83. The molecule has 1 aromatic rings. The van der Waals surface area contributed by atoms with Gasteiger partial charge in [0.25, 0.3) is 0 Å². The third kappa shape index (κ3) is 3.33. The van der Waals surface area contributed by atoms with Crippen molar-refractivity contribution in [2.45, 2.75) is 32.6 Å². The molecule has 1 amide bonds. The van der Waals surface area contributed by atoms with Crippen LogP contribution in [-0.2, 0) is 4.79 Å². The molecule has 0 aromatic carbocycles. The summed E-state index contributed by atoms with van der Waals surface area (Å²) in [6.07, 6.45) is 4.05. The Morgan fingerprint density at radius 3 is 2.61 bits per heavy atom. The number of rotatable bonds is 2. The largest absolute Gasteiger partial charge is 0.323 e. The Labute approximate surface area is 116 Å². The first-order chi connectivity index (χ1) is 8.56. The van der Waals surface area contributed by atoms with E-state index in [9.17, 15) is 4.79 Å². The second kappa shape index (κ2) is 5.85. The van der Waals surface area contributed by atoms with E-state index >= 15 is 0 Å². The molecular formula is C12H15Cl2N3O. The van der Waals surface area contributed by atoms with Gasteiger partial charge in [0.15, 0.2) is 10.3 Å². The van der Waals surface area contributed by atoms with E-state index in [0.29, 0.717) is 5.69 Å². The van der Waals surface area contributed by atoms with Crippen LogP contribution in [0.4, 0.5) is 5.69 Å². The average molecular weight is 288 g/mol. The molecule has 0 bridgehead atoms. The van der Waals surface area contributed by atoms with Gasteiger partial charge in [-0.1, -0.05) is 30.1 Å². The summed E-state index contributed by atoms with van der Waals surface area (Å²) < 4.78 is 0. The monoisotopic (exact) mass is 287 g/mol. The minimum absolute atomic E-state index is 0.00660. The van der Waals surface area contributed by atoms with Gasteiger partial charge in [-0.3, -0.25) is 4.79 Å². The number of carbonyl (C=O) groups is 1. The average Bonchev–Trinajstić information content (AvgIpc) is 2.34. The van der Waals surface area contributed by atoms with Crippen molar-refractivity contribution in [1.29, 1.82) is 0 Å². The Kier molecular flexibility index (Phi) is 4.40. The van der Waals surface area contributed by atoms with Gasteiger partial charge in [-0.2, -0.15) is 0 Å². The molecule has 1 fully saturated rings. The molecule has 1 N–H and O–H groups in total. The van der Waals surface area contributed by atoms with Crippen LogP contribution in [0, 0.1) is 11.8 Å². The Morgan fingerprint density at radius 2 is 1.94 bits per heavy atom. The number of nitrogens with zero attached hydrogens (tertiary/aromatic N) is 2. The van der Waals surface area contributed by atoms with E-state index < -0.39 is 0 Å². The van der Waals surface area contributed by atoms with Gasteiger partial charge in [0, 0.05) is 12.0 Å². The minimum Gasteiger partial charge on any atom is -0.323 e. The van der Waals surface area contributed by atoms with Gasteiger partial charge in [0.2, 0.25) is 5.91 Å². The first-order valence-electron chi connectivity index (χ1n) is 6.06. The van der Waals surface area contributed by atoms with Gasteiger partial charge in [0.05, 0.1) is 5.69 Å². The zero-order valence-corrected chi connectivity index (χ0v) is 11.6. The van der Waals surface area contributed by atoms with Gasteiger partial charge in [-0.25, -0.2) is 0 Å². The van der Waals surface area contributed by atoms with E-state index in [-0.39, 0.29) is 22.1 Å². The molecule has 98 valence electrons. The molecular weight excluding hydrogens is 273 g/mol. The quantitative estimate of drug-likeness (QED) is 0.905. The molecule has 0 aliphatic heterocycles. The van der Waals surface area contributed by atoms with Crippen LogP contribution in [0.5, 0.6) is 0 Å². The summed E-state index contributed by atoms with van der Waals surface area (Å²) in [5, 5.41) is 10.4. The smallest absolute Gasteiger partial charge is 0.227 e. The van der Waals surface area contributed by atoms with Crippen molar-refractivity contribution < 1.29 is 4.79 Å². The lowest BCUT2D eigenvalue weighted by atomic mass is 9.82. The maximum atomic E-state index is 12.1. The van der Waals surface area contributed by atoms with Gasteiger partial charge in [0.1, 0.15) is 0 Å². The zero-order valence-electron chi connectivity index (χ0n) is 10.1. The van der Waals surface area contributed by atoms with Crippen LogP contribution in [0.3, 0.4) is 0 Å². The van der Waals surface area contributed by atoms with Crippen LogP contribution in [0.1, 0.15) is 32.6 Å². The van der Waals surface area contributed by atoms with E-state index in [4.69, 9.17) is 23.2 Å². The van der Waals surface area contributed by atoms with E-state index in [0.717, 1.165) is 31.6 Å². The lowest BCUT2D eigenvalue weighted by Crippen LogP contribution is -2.26. The van der Waals surface area contributed by atoms with Crippen LogP contribution in [0.2, 0.25) is 10.3 Å². The number of hydrogen-bond acceptors (Lipinski definition) is 3. The number of carbonyl (C=O) groups excluding carboxylic acids is 1. The normalized spacial score (nSPS) is 23.7. The Hall–Kier alpha value is -0.870. The molecule has 0 spiro atoms. The molecule has 0 radical (unpaired) electrons. The van der Waals surface area contributed by atoms with E-state index in [1.54, 1.807) is 0 Å². The number of anilines is 1. The highest BCUT2D eigenvalue weighted by atomic mass is 35.5. The zero-order chi connectivity index (χ0) is 13.1. The van der Waals surface area contributed by atoms with Gasteiger partial charge < -0.3 is 5.32 Å². The number of amides is 1. The van der Waals surface area contributed by atoms with Gasteiger partial charge in [-0.15, -0.1) is 10.2 Å². The van der Waals surface area contributed by atoms with Crippen LogP contribution in [0.15, 0.2) is 6.07 Å². The summed E-state index contributed by atoms with van der Waals surface area (Å²) in [6, 6.07) is 1.51. The summed E-state index contributed by atoms with van der Waals surface area (Å²) >= 11 is 11.6. The van der Waals surface area contributed by atoms with E-state index in [1.807, 2.05) is 0 Å². The topological polar surface area (TPSA) is 54.9 Å². The SMILES string of the molecule is CC1CCC(C(=O)Nc2cc(Cl)nnc2Cl)CC1. The molecule has 2 rings (SSSR count). The number of hydrogen-bond donors (Lipinski definition) is 1. The fraction of sp³-hybridized carbons (Fsp3) is 0.583. The maximum absolute atomic E-state index is 12.1. The lowest BCUT2D eigenvalue weighted by molar-refractivity contribution is -0.121. The Morgan fingerprint density at radius 1 is 1.28 bits per heavy atom. The molecule has 4 nitrogen and oxygen atoms in total. The van der Waals surface area contributed by atoms with Crippen molar-refractivity contribution >= 4 is 34.8 Å². The molecule has 0 atom stereocenters. The van der Waals surface area contributed by atoms with Crippen molar-refractivity contribution in [2.24, 2.45) is 11.8 Å². The van der Waals surface area contributed by atoms with Gasteiger partial charge >= 0.3 is 0 Å².